The van der Waals surface area contributed by atoms with E-state index >= 15 is 0 Å². The quantitative estimate of drug-likeness (QED) is 0.200. The predicted molar refractivity (Wildman–Crippen MR) is 182 cm³/mol. The van der Waals surface area contributed by atoms with E-state index in [0.29, 0.717) is 42.3 Å². The normalized spacial score (nSPS) is 32.1. The molecule has 2 saturated heterocycles. The van der Waals surface area contributed by atoms with Crippen LogP contribution in [-0.4, -0.2) is 102 Å². The van der Waals surface area contributed by atoms with E-state index in [-0.39, 0.29) is 49.9 Å². The zero-order valence-corrected chi connectivity index (χ0v) is 29.6. The number of carbonyl (C=O) groups excluding carboxylic acids is 4. The van der Waals surface area contributed by atoms with Crippen molar-refractivity contribution < 1.29 is 38.5 Å². The molecule has 1 aromatic carbocycles. The molecule has 0 saturated carbocycles. The summed E-state index contributed by atoms with van der Waals surface area (Å²) >= 11 is 3.62. The number of hydrogen-bond acceptors (Lipinski definition) is 8. The topological polar surface area (TPSA) is 135 Å². The third-order valence-electron chi connectivity index (χ3n) is 9.95. The number of aliphatic hydroxyl groups excluding tert-OH is 1. The number of nitrogens with zero attached hydrogens (tertiary/aromatic N) is 2. The minimum Gasteiger partial charge on any atom is -0.455 e. The molecule has 0 aliphatic carbocycles. The minimum absolute atomic E-state index is 0.0407. The van der Waals surface area contributed by atoms with Gasteiger partial charge in [-0.15, -0.1) is 0 Å². The largest absolute Gasteiger partial charge is 0.455 e. The van der Waals surface area contributed by atoms with E-state index in [0.717, 1.165) is 12.8 Å². The fraction of sp³-hybridized carbons (Fsp3) is 0.611. The maximum Gasteiger partial charge on any atom is 0.313 e. The lowest BCUT2D eigenvalue weighted by molar-refractivity contribution is -0.162. The van der Waals surface area contributed by atoms with Gasteiger partial charge in [0.05, 0.1) is 18.6 Å². The van der Waals surface area contributed by atoms with Gasteiger partial charge in [-0.1, -0.05) is 71.8 Å². The van der Waals surface area contributed by atoms with Gasteiger partial charge in [0.15, 0.2) is 0 Å². The van der Waals surface area contributed by atoms with Gasteiger partial charge in [0.1, 0.15) is 29.8 Å². The molecule has 12 heteroatoms. The average Bonchev–Trinajstić information content (AvgIpc) is 3.66. The smallest absolute Gasteiger partial charge is 0.313 e. The summed E-state index contributed by atoms with van der Waals surface area (Å²) < 4.78 is 19.0. The van der Waals surface area contributed by atoms with Crippen LogP contribution in [0.1, 0.15) is 70.5 Å². The zero-order valence-electron chi connectivity index (χ0n) is 28.0. The number of esters is 1. The highest BCUT2D eigenvalue weighted by Crippen LogP contribution is 2.59. The number of methoxy groups -OCH3 is 1. The van der Waals surface area contributed by atoms with Crippen molar-refractivity contribution in [2.75, 3.05) is 33.4 Å². The number of cyclic esters (lactones) is 1. The van der Waals surface area contributed by atoms with Crippen LogP contribution in [0.15, 0.2) is 53.0 Å². The van der Waals surface area contributed by atoms with E-state index in [1.54, 1.807) is 9.80 Å². The van der Waals surface area contributed by atoms with Crippen molar-refractivity contribution >= 4 is 39.6 Å². The van der Waals surface area contributed by atoms with Crippen LogP contribution in [0.2, 0.25) is 0 Å². The molecular formula is C36H48BrN3O8. The molecule has 5 rings (SSSR count). The van der Waals surface area contributed by atoms with Crippen LogP contribution < -0.4 is 5.32 Å². The van der Waals surface area contributed by atoms with E-state index in [9.17, 15) is 24.3 Å². The number of likely N-dealkylation sites (tertiary alicyclic amines) is 1. The molecule has 2 fully saturated rings. The Morgan fingerprint density at radius 1 is 1.08 bits per heavy atom. The Labute approximate surface area is 291 Å². The van der Waals surface area contributed by atoms with Gasteiger partial charge in [-0.05, 0) is 50.7 Å². The summed E-state index contributed by atoms with van der Waals surface area (Å²) in [5, 5.41) is 12.4. The molecule has 5 bridgehead atoms. The molecule has 1 aromatic rings. The SMILES string of the molecule is CCCC(C)N1C/C=C\CCC(=O)N[C@H](COC)[C@@H](c2ccccc2)OC(=O)[C@@H]2[C@H]3O[C@@]4(C=C3Br)[C@H](C1=O)N(CCCCCO)C(=O)[C@@H]24. The van der Waals surface area contributed by atoms with Crippen LogP contribution in [0.5, 0.6) is 0 Å². The lowest BCUT2D eigenvalue weighted by Gasteiger charge is -2.38. The number of rotatable bonds is 11. The van der Waals surface area contributed by atoms with Crippen molar-refractivity contribution in [1.29, 1.82) is 0 Å². The number of nitrogens with one attached hydrogen (secondary N) is 1. The summed E-state index contributed by atoms with van der Waals surface area (Å²) in [6, 6.07) is 7.32. The van der Waals surface area contributed by atoms with E-state index in [2.05, 4.69) is 28.2 Å². The van der Waals surface area contributed by atoms with E-state index in [4.69, 9.17) is 14.2 Å². The number of hydrogen-bond donors (Lipinski definition) is 2. The van der Waals surface area contributed by atoms with Gasteiger partial charge in [0.25, 0.3) is 0 Å². The molecule has 1 spiro atoms. The molecule has 262 valence electrons. The summed E-state index contributed by atoms with van der Waals surface area (Å²) in [5.74, 6) is -3.45. The van der Waals surface area contributed by atoms with Crippen LogP contribution in [0.25, 0.3) is 0 Å². The van der Waals surface area contributed by atoms with Crippen LogP contribution in [-0.2, 0) is 33.4 Å². The fourth-order valence-electron chi connectivity index (χ4n) is 7.71. The van der Waals surface area contributed by atoms with Crippen LogP contribution in [0.3, 0.4) is 0 Å². The molecular weight excluding hydrogens is 682 g/mol. The lowest BCUT2D eigenvalue weighted by Crippen LogP contribution is -2.57. The number of fused-ring (bicyclic) bond motifs is 2. The molecule has 4 aliphatic rings. The molecule has 1 unspecified atom stereocenters. The Bertz CT molecular complexity index is 1390. The third kappa shape index (κ3) is 7.13. The van der Waals surface area contributed by atoms with Crippen molar-refractivity contribution in [1.82, 2.24) is 15.1 Å². The molecule has 2 N–H and O–H groups in total. The first-order valence-corrected chi connectivity index (χ1v) is 17.9. The standard InChI is InChI=1S/C36H48BrN3O8/c1-4-14-23(2)39-18-11-6-10-17-27(42)38-26(22-46-3)30(24-15-8-5-9-16-24)47-35(45)28-29-33(43)40(19-12-7-13-20-41)32(34(39)44)36(29)21-25(37)31(28)48-36/h5-6,8-9,11,15-16,21,23,26,28-32,41H,4,7,10,12-14,17-20,22H2,1-3H3,(H,38,42)/b11-6-/t23?,26-,28+,29-,30-,31+,32+,36-/m1/s1. The van der Waals surface area contributed by atoms with Crippen molar-refractivity contribution in [2.45, 2.75) is 94.7 Å². The number of ether oxygens (including phenoxy) is 3. The van der Waals surface area contributed by atoms with Gasteiger partial charge in [-0.2, -0.15) is 0 Å². The first-order valence-electron chi connectivity index (χ1n) is 17.1. The maximum absolute atomic E-state index is 14.8. The summed E-state index contributed by atoms with van der Waals surface area (Å²) in [4.78, 5) is 60.3. The van der Waals surface area contributed by atoms with Gasteiger partial charge in [0, 0.05) is 43.8 Å². The fourth-order valence-corrected chi connectivity index (χ4v) is 8.44. The number of unbranched alkanes of at least 4 members (excludes halogenated alkanes) is 2. The highest BCUT2D eigenvalue weighted by molar-refractivity contribution is 9.11. The first-order chi connectivity index (χ1) is 23.2. The summed E-state index contributed by atoms with van der Waals surface area (Å²) in [5.41, 5.74) is -0.709. The lowest BCUT2D eigenvalue weighted by atomic mass is 9.74. The van der Waals surface area contributed by atoms with Gasteiger partial charge in [0.2, 0.25) is 17.7 Å². The van der Waals surface area contributed by atoms with Gasteiger partial charge >= 0.3 is 5.97 Å². The number of aliphatic hydroxyl groups is 1. The summed E-state index contributed by atoms with van der Waals surface area (Å²) in [6.45, 7) is 4.77. The van der Waals surface area contributed by atoms with Crippen LogP contribution in [0.4, 0.5) is 0 Å². The van der Waals surface area contributed by atoms with Crippen LogP contribution in [0, 0.1) is 11.8 Å². The van der Waals surface area contributed by atoms with Crippen molar-refractivity contribution in [2.24, 2.45) is 11.8 Å². The third-order valence-corrected chi connectivity index (χ3v) is 10.6. The molecule has 11 nitrogen and oxygen atoms in total. The highest BCUT2D eigenvalue weighted by Gasteiger charge is 2.75. The number of halogens is 1. The minimum atomic E-state index is -1.37. The second-order valence-corrected chi connectivity index (χ2v) is 14.1. The maximum atomic E-state index is 14.8. The number of amides is 3. The van der Waals surface area contributed by atoms with Crippen molar-refractivity contribution in [3.8, 4) is 0 Å². The van der Waals surface area contributed by atoms with Crippen molar-refractivity contribution in [3.63, 3.8) is 0 Å². The van der Waals surface area contributed by atoms with E-state index in [1.165, 1.54) is 7.11 Å². The average molecular weight is 731 g/mol. The second kappa shape index (κ2) is 16.1. The Kier molecular flexibility index (Phi) is 12.2. The molecule has 4 aliphatic heterocycles. The highest BCUT2D eigenvalue weighted by atomic mass is 79.9. The Morgan fingerprint density at radius 2 is 1.85 bits per heavy atom. The Morgan fingerprint density at radius 3 is 2.56 bits per heavy atom. The molecule has 48 heavy (non-hydrogen) atoms. The second-order valence-electron chi connectivity index (χ2n) is 13.2. The molecule has 4 heterocycles. The van der Waals surface area contributed by atoms with Crippen molar-refractivity contribution in [3.05, 3.63) is 58.6 Å². The first kappa shape index (κ1) is 36.2. The molecule has 3 amide bonds. The van der Waals surface area contributed by atoms with E-state index in [1.807, 2.05) is 55.5 Å². The molecule has 0 aromatic heterocycles. The molecule has 8 atom stereocenters. The van der Waals surface area contributed by atoms with Gasteiger partial charge < -0.3 is 34.4 Å². The summed E-state index contributed by atoms with van der Waals surface area (Å²) in [7, 11) is 1.52. The Hall–Kier alpha value is -3.06. The number of allylic oxidation sites excluding steroid dienone is 1. The van der Waals surface area contributed by atoms with Crippen LogP contribution >= 0.6 is 15.9 Å². The monoisotopic (exact) mass is 729 g/mol. The number of carbonyl (C=O) groups is 4. The van der Waals surface area contributed by atoms with E-state index < -0.39 is 47.7 Å². The Balaban J connectivity index is 1.61. The molecule has 0 radical (unpaired) electrons. The van der Waals surface area contributed by atoms with Gasteiger partial charge in [-0.25, -0.2) is 0 Å². The summed E-state index contributed by atoms with van der Waals surface area (Å²) in [6.07, 6.45) is 7.99. The zero-order chi connectivity index (χ0) is 34.4. The predicted octanol–water partition coefficient (Wildman–Crippen LogP) is 3.81. The number of benzene rings is 1. The van der Waals surface area contributed by atoms with Gasteiger partial charge in [-0.3, -0.25) is 19.2 Å².